The number of nitrogens with zero attached hydrogens (tertiary/aromatic N) is 2. The molecule has 0 aliphatic carbocycles. The molecule has 1 unspecified atom stereocenters. The van der Waals surface area contributed by atoms with Gasteiger partial charge >= 0.3 is 0 Å². The summed E-state index contributed by atoms with van der Waals surface area (Å²) in [6.45, 7) is 2.30. The summed E-state index contributed by atoms with van der Waals surface area (Å²) >= 11 is 0. The first-order valence-corrected chi connectivity index (χ1v) is 7.11. The Morgan fingerprint density at radius 2 is 2.00 bits per heavy atom. The predicted molar refractivity (Wildman–Crippen MR) is 80.7 cm³/mol. The van der Waals surface area contributed by atoms with Gasteiger partial charge in [0.25, 0.3) is 0 Å². The van der Waals surface area contributed by atoms with Crippen molar-refractivity contribution < 1.29 is 5.11 Å². The number of fused-ring (bicyclic) bond motifs is 1. The van der Waals surface area contributed by atoms with Gasteiger partial charge in [0.2, 0.25) is 0 Å². The lowest BCUT2D eigenvalue weighted by Crippen LogP contribution is -2.20. The zero-order chi connectivity index (χ0) is 13.9. The van der Waals surface area contributed by atoms with Crippen molar-refractivity contribution in [1.29, 1.82) is 5.26 Å². The first-order chi connectivity index (χ1) is 9.83. The summed E-state index contributed by atoms with van der Waals surface area (Å²) in [5.74, 6) is 0.578. The summed E-state index contributed by atoms with van der Waals surface area (Å²) in [5, 5.41) is 20.5. The van der Waals surface area contributed by atoms with Gasteiger partial charge in [-0.25, -0.2) is 0 Å². The molecule has 2 aromatic carbocycles. The van der Waals surface area contributed by atoms with E-state index in [1.165, 1.54) is 5.69 Å². The first kappa shape index (κ1) is 13.0. The van der Waals surface area contributed by atoms with E-state index in [2.05, 4.69) is 23.1 Å². The lowest BCUT2D eigenvalue weighted by atomic mass is 10.0. The summed E-state index contributed by atoms with van der Waals surface area (Å²) in [6, 6.07) is 14.3. The number of hydrogen-bond donors (Lipinski definition) is 1. The molecule has 0 bridgehead atoms. The molecule has 102 valence electrons. The molecule has 20 heavy (non-hydrogen) atoms. The smallest absolute Gasteiger partial charge is 0.0998 e. The molecule has 3 rings (SSSR count). The third-order valence-electron chi connectivity index (χ3n) is 4.19. The van der Waals surface area contributed by atoms with E-state index in [0.717, 1.165) is 42.3 Å². The van der Waals surface area contributed by atoms with E-state index < -0.39 is 0 Å². The van der Waals surface area contributed by atoms with Crippen molar-refractivity contribution in [3.63, 3.8) is 0 Å². The number of aliphatic hydroxyl groups is 1. The van der Waals surface area contributed by atoms with E-state index in [-0.39, 0.29) is 6.61 Å². The van der Waals surface area contributed by atoms with Crippen LogP contribution in [0.2, 0.25) is 0 Å². The van der Waals surface area contributed by atoms with Gasteiger partial charge in [0.1, 0.15) is 0 Å². The topological polar surface area (TPSA) is 47.3 Å². The van der Waals surface area contributed by atoms with Crippen molar-refractivity contribution in [3.05, 3.63) is 42.0 Å². The molecule has 3 nitrogen and oxygen atoms in total. The Labute approximate surface area is 119 Å². The fourth-order valence-electron chi connectivity index (χ4n) is 3.13. The minimum atomic E-state index is 0.270. The third kappa shape index (κ3) is 2.23. The molecule has 1 atom stereocenters. The highest BCUT2D eigenvalue weighted by Crippen LogP contribution is 2.33. The van der Waals surface area contributed by atoms with Crippen LogP contribution in [0.4, 0.5) is 5.69 Å². The van der Waals surface area contributed by atoms with Gasteiger partial charge in [-0.3, -0.25) is 0 Å². The van der Waals surface area contributed by atoms with Crippen LogP contribution in [0.5, 0.6) is 0 Å². The maximum atomic E-state index is 9.21. The molecular weight excluding hydrogens is 248 g/mol. The normalized spacial score (nSPS) is 18.4. The van der Waals surface area contributed by atoms with Crippen LogP contribution >= 0.6 is 0 Å². The number of anilines is 1. The van der Waals surface area contributed by atoms with E-state index in [0.29, 0.717) is 5.92 Å². The number of hydrogen-bond acceptors (Lipinski definition) is 3. The molecular formula is C17H18N2O. The van der Waals surface area contributed by atoms with Gasteiger partial charge in [0.05, 0.1) is 11.6 Å². The van der Waals surface area contributed by atoms with Gasteiger partial charge in [-0.2, -0.15) is 5.26 Å². The quantitative estimate of drug-likeness (QED) is 0.929. The van der Waals surface area contributed by atoms with Crippen molar-refractivity contribution >= 4 is 16.5 Å². The third-order valence-corrected chi connectivity index (χ3v) is 4.19. The van der Waals surface area contributed by atoms with Gasteiger partial charge in [0, 0.05) is 36.2 Å². The lowest BCUT2D eigenvalue weighted by molar-refractivity contribution is 0.263. The second-order valence-electron chi connectivity index (χ2n) is 5.40. The molecule has 1 saturated heterocycles. The van der Waals surface area contributed by atoms with Crippen molar-refractivity contribution in [3.8, 4) is 6.07 Å². The van der Waals surface area contributed by atoms with Crippen LogP contribution in [-0.4, -0.2) is 24.8 Å². The number of aliphatic hydroxyl groups excluding tert-OH is 1. The predicted octanol–water partition coefficient (Wildman–Crippen LogP) is 2.92. The fourth-order valence-corrected chi connectivity index (χ4v) is 3.13. The van der Waals surface area contributed by atoms with Gasteiger partial charge in [-0.1, -0.05) is 24.3 Å². The van der Waals surface area contributed by atoms with Gasteiger partial charge in [0.15, 0.2) is 0 Å². The Hall–Kier alpha value is -2.05. The lowest BCUT2D eigenvalue weighted by Gasteiger charge is -2.21. The molecule has 0 amide bonds. The second kappa shape index (κ2) is 5.52. The van der Waals surface area contributed by atoms with E-state index in [4.69, 9.17) is 5.11 Å². The maximum absolute atomic E-state index is 9.21. The Morgan fingerprint density at radius 3 is 2.75 bits per heavy atom. The standard InChI is InChI=1S/C17H18N2O/c18-11-14-5-6-17(16-4-2-1-3-15(14)16)19-9-7-13(12-19)8-10-20/h1-6,13,20H,7-10,12H2. The van der Waals surface area contributed by atoms with Crippen molar-refractivity contribution in [2.75, 3.05) is 24.6 Å². The van der Waals surface area contributed by atoms with E-state index in [1.807, 2.05) is 24.3 Å². The van der Waals surface area contributed by atoms with Crippen LogP contribution in [0.25, 0.3) is 10.8 Å². The van der Waals surface area contributed by atoms with Crippen LogP contribution in [0.1, 0.15) is 18.4 Å². The minimum absolute atomic E-state index is 0.270. The van der Waals surface area contributed by atoms with Gasteiger partial charge in [-0.15, -0.1) is 0 Å². The molecule has 3 heteroatoms. The van der Waals surface area contributed by atoms with Gasteiger partial charge < -0.3 is 10.0 Å². The molecule has 2 aromatic rings. The monoisotopic (exact) mass is 266 g/mol. The zero-order valence-electron chi connectivity index (χ0n) is 11.4. The largest absolute Gasteiger partial charge is 0.396 e. The number of benzene rings is 2. The van der Waals surface area contributed by atoms with Crippen molar-refractivity contribution in [1.82, 2.24) is 0 Å². The van der Waals surface area contributed by atoms with Crippen molar-refractivity contribution in [2.45, 2.75) is 12.8 Å². The summed E-state index contributed by atoms with van der Waals surface area (Å²) in [4.78, 5) is 2.38. The van der Waals surface area contributed by atoms with Gasteiger partial charge in [-0.05, 0) is 30.9 Å². The first-order valence-electron chi connectivity index (χ1n) is 7.11. The Bertz CT molecular complexity index is 660. The van der Waals surface area contributed by atoms with Crippen LogP contribution in [-0.2, 0) is 0 Å². The number of rotatable bonds is 3. The van der Waals surface area contributed by atoms with Crippen LogP contribution in [0, 0.1) is 17.2 Å². The average molecular weight is 266 g/mol. The van der Waals surface area contributed by atoms with E-state index in [1.54, 1.807) is 0 Å². The van der Waals surface area contributed by atoms with Crippen molar-refractivity contribution in [2.24, 2.45) is 5.92 Å². The molecule has 0 aromatic heterocycles. The second-order valence-corrected chi connectivity index (χ2v) is 5.40. The SMILES string of the molecule is N#Cc1ccc(N2CCC(CCO)C2)c2ccccc12. The van der Waals surface area contributed by atoms with E-state index in [9.17, 15) is 5.26 Å². The summed E-state index contributed by atoms with van der Waals surface area (Å²) in [7, 11) is 0. The zero-order valence-corrected chi connectivity index (χ0v) is 11.4. The average Bonchev–Trinajstić information content (AvgIpc) is 2.95. The summed E-state index contributed by atoms with van der Waals surface area (Å²) in [6.07, 6.45) is 2.01. The minimum Gasteiger partial charge on any atom is -0.396 e. The molecule has 1 aliphatic rings. The van der Waals surface area contributed by atoms with E-state index >= 15 is 0 Å². The fraction of sp³-hybridized carbons (Fsp3) is 0.353. The maximum Gasteiger partial charge on any atom is 0.0998 e. The van der Waals surface area contributed by atoms with Crippen LogP contribution < -0.4 is 4.90 Å². The Balaban J connectivity index is 1.99. The summed E-state index contributed by atoms with van der Waals surface area (Å²) in [5.41, 5.74) is 1.94. The van der Waals surface area contributed by atoms with Crippen LogP contribution in [0.15, 0.2) is 36.4 Å². The Morgan fingerprint density at radius 1 is 1.20 bits per heavy atom. The molecule has 0 spiro atoms. The molecule has 1 fully saturated rings. The Kier molecular flexibility index (Phi) is 3.58. The molecule has 1 heterocycles. The molecule has 0 saturated carbocycles. The summed E-state index contributed by atoms with van der Waals surface area (Å²) < 4.78 is 0. The molecule has 1 aliphatic heterocycles. The molecule has 0 radical (unpaired) electrons. The van der Waals surface area contributed by atoms with Crippen LogP contribution in [0.3, 0.4) is 0 Å². The highest BCUT2D eigenvalue weighted by molar-refractivity contribution is 5.97. The number of nitriles is 1. The molecule has 1 N–H and O–H groups in total. The highest BCUT2D eigenvalue weighted by Gasteiger charge is 2.23. The highest BCUT2D eigenvalue weighted by atomic mass is 16.3.